The Hall–Kier alpha value is -3.10. The molecule has 2 amide bonds. The summed E-state index contributed by atoms with van der Waals surface area (Å²) in [5, 5.41) is 5.52. The Morgan fingerprint density at radius 1 is 1.25 bits per heavy atom. The number of rotatable bonds is 8. The van der Waals surface area contributed by atoms with E-state index in [1.54, 1.807) is 19.1 Å². The van der Waals surface area contributed by atoms with Crippen molar-refractivity contribution in [2.24, 2.45) is 5.92 Å². The van der Waals surface area contributed by atoms with Crippen molar-refractivity contribution in [1.29, 1.82) is 0 Å². The lowest BCUT2D eigenvalue weighted by Crippen LogP contribution is -2.27. The zero-order valence-corrected chi connectivity index (χ0v) is 15.2. The summed E-state index contributed by atoms with van der Waals surface area (Å²) in [4.78, 5) is 32.3. The summed E-state index contributed by atoms with van der Waals surface area (Å²) < 4.78 is 29.1. The number of anilines is 1. The van der Waals surface area contributed by atoms with Gasteiger partial charge in [0.2, 0.25) is 11.8 Å². The Morgan fingerprint density at radius 2 is 2.04 bits per heavy atom. The molecular weight excluding hydrogens is 370 g/mol. The van der Waals surface area contributed by atoms with E-state index in [0.29, 0.717) is 16.9 Å². The summed E-state index contributed by atoms with van der Waals surface area (Å²) in [7, 11) is 0. The summed E-state index contributed by atoms with van der Waals surface area (Å²) >= 11 is 0. The van der Waals surface area contributed by atoms with Crippen LogP contribution in [-0.2, 0) is 4.79 Å². The second-order valence-corrected chi connectivity index (χ2v) is 6.52. The van der Waals surface area contributed by atoms with E-state index >= 15 is 0 Å². The number of halogens is 2. The van der Waals surface area contributed by atoms with Crippen molar-refractivity contribution in [2.75, 3.05) is 11.9 Å². The van der Waals surface area contributed by atoms with Crippen molar-refractivity contribution in [2.45, 2.75) is 32.2 Å². The smallest absolute Gasteiger partial charge is 0.272 e. The highest BCUT2D eigenvalue weighted by atomic mass is 19.3. The van der Waals surface area contributed by atoms with Crippen molar-refractivity contribution < 1.29 is 23.1 Å². The van der Waals surface area contributed by atoms with Gasteiger partial charge in [0.05, 0.1) is 6.04 Å². The quantitative estimate of drug-likeness (QED) is 0.723. The number of hydrogen-bond acceptors (Lipinski definition) is 5. The first-order valence-corrected chi connectivity index (χ1v) is 8.87. The van der Waals surface area contributed by atoms with Crippen molar-refractivity contribution in [1.82, 2.24) is 15.3 Å². The number of ether oxygens (including phenoxy) is 1. The molecule has 1 unspecified atom stereocenters. The highest BCUT2D eigenvalue weighted by molar-refractivity contribution is 5.97. The fraction of sp³-hybridized carbons (Fsp3) is 0.368. The van der Waals surface area contributed by atoms with Crippen LogP contribution in [0.25, 0.3) is 0 Å². The van der Waals surface area contributed by atoms with Gasteiger partial charge >= 0.3 is 0 Å². The monoisotopic (exact) mass is 390 g/mol. The first-order chi connectivity index (χ1) is 13.4. The molecule has 0 bridgehead atoms. The molecule has 2 N–H and O–H groups in total. The standard InChI is InChI=1S/C19H20F2N4O3/c1-11(14-4-5-17(23-9-14)28-10-15(20)21)24-19(27)13-6-7-22-16(8-13)25-18(26)12-2-3-12/h4-9,11-12,15H,2-3,10H2,1H3,(H,24,27)(H,22,25,26). The van der Waals surface area contributed by atoms with Gasteiger partial charge in [-0.25, -0.2) is 18.7 Å². The minimum atomic E-state index is -2.57. The largest absolute Gasteiger partial charge is 0.472 e. The molecule has 148 valence electrons. The number of alkyl halides is 2. The molecule has 2 heterocycles. The molecule has 0 saturated heterocycles. The molecule has 28 heavy (non-hydrogen) atoms. The number of carbonyl (C=O) groups is 2. The van der Waals surface area contributed by atoms with Gasteiger partial charge in [0, 0.05) is 29.9 Å². The molecule has 3 rings (SSSR count). The normalized spacial score (nSPS) is 14.4. The molecular formula is C19H20F2N4O3. The first-order valence-electron chi connectivity index (χ1n) is 8.87. The van der Waals surface area contributed by atoms with Crippen molar-refractivity contribution in [3.05, 3.63) is 47.8 Å². The lowest BCUT2D eigenvalue weighted by atomic mass is 10.1. The Morgan fingerprint density at radius 3 is 2.68 bits per heavy atom. The van der Waals surface area contributed by atoms with E-state index in [1.165, 1.54) is 24.5 Å². The molecule has 7 nitrogen and oxygen atoms in total. The maximum absolute atomic E-state index is 12.5. The number of aromatic nitrogens is 2. The predicted molar refractivity (Wildman–Crippen MR) is 97.2 cm³/mol. The number of carbonyl (C=O) groups excluding carboxylic acids is 2. The molecule has 0 radical (unpaired) electrons. The maximum Gasteiger partial charge on any atom is 0.272 e. The van der Waals surface area contributed by atoms with Crippen molar-refractivity contribution >= 4 is 17.6 Å². The highest BCUT2D eigenvalue weighted by Gasteiger charge is 2.29. The molecule has 1 aliphatic rings. The maximum atomic E-state index is 12.5. The summed E-state index contributed by atoms with van der Waals surface area (Å²) in [6, 6.07) is 5.81. The Bertz CT molecular complexity index is 841. The Labute approximate surface area is 160 Å². The number of pyridine rings is 2. The average Bonchev–Trinajstić information content (AvgIpc) is 3.52. The van der Waals surface area contributed by atoms with Gasteiger partial charge in [0.25, 0.3) is 12.3 Å². The van der Waals surface area contributed by atoms with Crippen LogP contribution in [0.4, 0.5) is 14.6 Å². The van der Waals surface area contributed by atoms with E-state index < -0.39 is 13.0 Å². The SMILES string of the molecule is CC(NC(=O)c1ccnc(NC(=O)C2CC2)c1)c1ccc(OCC(F)F)nc1. The van der Waals surface area contributed by atoms with E-state index in [-0.39, 0.29) is 29.7 Å². The average molecular weight is 390 g/mol. The van der Waals surface area contributed by atoms with Crippen LogP contribution in [0, 0.1) is 5.92 Å². The topological polar surface area (TPSA) is 93.2 Å². The second kappa shape index (κ2) is 8.73. The molecule has 9 heteroatoms. The van der Waals surface area contributed by atoms with Gasteiger partial charge in [-0.3, -0.25) is 9.59 Å². The van der Waals surface area contributed by atoms with Crippen LogP contribution in [0.2, 0.25) is 0 Å². The minimum absolute atomic E-state index is 0.0412. The van der Waals surface area contributed by atoms with Crippen molar-refractivity contribution in [3.63, 3.8) is 0 Å². The van der Waals surface area contributed by atoms with Gasteiger partial charge in [-0.05, 0) is 37.5 Å². The Balaban J connectivity index is 1.58. The molecule has 0 spiro atoms. The van der Waals surface area contributed by atoms with Gasteiger partial charge in [-0.15, -0.1) is 0 Å². The summed E-state index contributed by atoms with van der Waals surface area (Å²) in [6.45, 7) is 1.05. The molecule has 2 aromatic heterocycles. The third kappa shape index (κ3) is 5.45. The molecule has 2 aromatic rings. The summed E-state index contributed by atoms with van der Waals surface area (Å²) in [5.74, 6) is 0.0418. The zero-order chi connectivity index (χ0) is 20.1. The summed E-state index contributed by atoms with van der Waals surface area (Å²) in [6.07, 6.45) is 2.10. The van der Waals surface area contributed by atoms with Gasteiger partial charge in [-0.2, -0.15) is 0 Å². The fourth-order valence-electron chi connectivity index (χ4n) is 2.46. The lowest BCUT2D eigenvalue weighted by Gasteiger charge is -2.15. The lowest BCUT2D eigenvalue weighted by molar-refractivity contribution is -0.117. The third-order valence-electron chi connectivity index (χ3n) is 4.19. The molecule has 1 fully saturated rings. The predicted octanol–water partition coefficient (Wildman–Crippen LogP) is 2.96. The van der Waals surface area contributed by atoms with Crippen LogP contribution in [0.1, 0.15) is 41.7 Å². The van der Waals surface area contributed by atoms with Crippen LogP contribution in [0.5, 0.6) is 5.88 Å². The summed E-state index contributed by atoms with van der Waals surface area (Å²) in [5.41, 5.74) is 1.05. The van der Waals surface area contributed by atoms with Crippen molar-refractivity contribution in [3.8, 4) is 5.88 Å². The van der Waals surface area contributed by atoms with Gasteiger partial charge in [-0.1, -0.05) is 6.07 Å². The number of nitrogens with one attached hydrogen (secondary N) is 2. The molecule has 1 saturated carbocycles. The zero-order valence-electron chi connectivity index (χ0n) is 15.2. The number of hydrogen-bond donors (Lipinski definition) is 2. The van der Waals surface area contributed by atoms with Crippen LogP contribution >= 0.6 is 0 Å². The minimum Gasteiger partial charge on any atom is -0.472 e. The van der Waals surface area contributed by atoms with Crippen LogP contribution in [-0.4, -0.2) is 34.8 Å². The van der Waals surface area contributed by atoms with E-state index in [1.807, 2.05) is 0 Å². The number of nitrogens with zero attached hydrogens (tertiary/aromatic N) is 2. The molecule has 1 atom stereocenters. The van der Waals surface area contributed by atoms with Crippen LogP contribution in [0.3, 0.4) is 0 Å². The highest BCUT2D eigenvalue weighted by Crippen LogP contribution is 2.30. The molecule has 1 aliphatic carbocycles. The van der Waals surface area contributed by atoms with E-state index in [2.05, 4.69) is 20.6 Å². The third-order valence-corrected chi connectivity index (χ3v) is 4.19. The van der Waals surface area contributed by atoms with Crippen LogP contribution in [0.15, 0.2) is 36.7 Å². The van der Waals surface area contributed by atoms with E-state index in [9.17, 15) is 18.4 Å². The molecule has 0 aromatic carbocycles. The Kier molecular flexibility index (Phi) is 6.13. The number of amides is 2. The van der Waals surface area contributed by atoms with Gasteiger partial charge < -0.3 is 15.4 Å². The molecule has 0 aliphatic heterocycles. The van der Waals surface area contributed by atoms with Gasteiger partial charge in [0.1, 0.15) is 5.82 Å². The fourth-order valence-corrected chi connectivity index (χ4v) is 2.46. The van der Waals surface area contributed by atoms with Gasteiger partial charge in [0.15, 0.2) is 6.61 Å². The second-order valence-electron chi connectivity index (χ2n) is 6.52. The van der Waals surface area contributed by atoms with E-state index in [0.717, 1.165) is 12.8 Å². The van der Waals surface area contributed by atoms with Crippen LogP contribution < -0.4 is 15.4 Å². The first kappa shape index (κ1) is 19.7. The van der Waals surface area contributed by atoms with E-state index in [4.69, 9.17) is 4.74 Å².